The topological polar surface area (TPSA) is 43.9 Å². The number of rotatable bonds is 1. The zero-order valence-corrected chi connectivity index (χ0v) is 9.48. The van der Waals surface area contributed by atoms with Crippen molar-refractivity contribution in [3.05, 3.63) is 24.2 Å². The van der Waals surface area contributed by atoms with Crippen LogP contribution in [-0.2, 0) is 12.5 Å². The van der Waals surface area contributed by atoms with Crippen molar-refractivity contribution in [1.29, 1.82) is 0 Å². The molecule has 0 aliphatic rings. The molecule has 0 saturated heterocycles. The van der Waals surface area contributed by atoms with Gasteiger partial charge in [0.05, 0.1) is 6.20 Å². The van der Waals surface area contributed by atoms with Crippen LogP contribution in [0.15, 0.2) is 22.9 Å². The van der Waals surface area contributed by atoms with Crippen molar-refractivity contribution in [3.63, 3.8) is 0 Å². The largest absolute Gasteiger partial charge is 0.443 e. The zero-order valence-electron chi connectivity index (χ0n) is 9.48. The molecule has 4 nitrogen and oxygen atoms in total. The fourth-order valence-corrected chi connectivity index (χ4v) is 1.62. The maximum absolute atomic E-state index is 5.21. The van der Waals surface area contributed by atoms with E-state index < -0.39 is 0 Å². The summed E-state index contributed by atoms with van der Waals surface area (Å²) in [6, 6.07) is 2.02. The average molecular weight is 205 g/mol. The molecule has 0 aliphatic heterocycles. The fourth-order valence-electron chi connectivity index (χ4n) is 1.62. The van der Waals surface area contributed by atoms with E-state index in [1.165, 1.54) is 0 Å². The Morgan fingerprint density at radius 3 is 2.53 bits per heavy atom. The second kappa shape index (κ2) is 3.22. The maximum Gasteiger partial charge on any atom is 0.246 e. The van der Waals surface area contributed by atoms with Crippen molar-refractivity contribution in [2.75, 3.05) is 0 Å². The van der Waals surface area contributed by atoms with Gasteiger partial charge in [0.25, 0.3) is 0 Å². The van der Waals surface area contributed by atoms with Crippen molar-refractivity contribution < 1.29 is 4.42 Å². The molecule has 0 spiro atoms. The average Bonchev–Trinajstić information content (AvgIpc) is 2.68. The van der Waals surface area contributed by atoms with E-state index in [1.54, 1.807) is 12.5 Å². The van der Waals surface area contributed by atoms with E-state index in [1.807, 2.05) is 17.8 Å². The van der Waals surface area contributed by atoms with Gasteiger partial charge in [0.2, 0.25) is 5.89 Å². The first kappa shape index (κ1) is 9.96. The number of hydrogen-bond donors (Lipinski definition) is 0. The smallest absolute Gasteiger partial charge is 0.246 e. The monoisotopic (exact) mass is 205 g/mol. The number of oxazole rings is 1. The van der Waals surface area contributed by atoms with Crippen molar-refractivity contribution in [2.24, 2.45) is 7.05 Å². The van der Waals surface area contributed by atoms with E-state index in [9.17, 15) is 0 Å². The van der Waals surface area contributed by atoms with Crippen LogP contribution >= 0.6 is 0 Å². The molecule has 0 N–H and O–H groups in total. The number of aryl methyl sites for hydroxylation is 1. The Labute approximate surface area is 88.9 Å². The molecule has 0 fully saturated rings. The third-order valence-electron chi connectivity index (χ3n) is 2.30. The Balaban J connectivity index is 2.47. The van der Waals surface area contributed by atoms with E-state index in [0.717, 1.165) is 11.4 Å². The lowest BCUT2D eigenvalue weighted by atomic mass is 9.92. The predicted octanol–water partition coefficient (Wildman–Crippen LogP) is 2.37. The molecule has 2 aromatic rings. The van der Waals surface area contributed by atoms with Gasteiger partial charge in [0, 0.05) is 18.2 Å². The van der Waals surface area contributed by atoms with Crippen LogP contribution in [0.25, 0.3) is 11.6 Å². The molecule has 0 atom stereocenters. The van der Waals surface area contributed by atoms with Gasteiger partial charge >= 0.3 is 0 Å². The van der Waals surface area contributed by atoms with Crippen LogP contribution in [0.2, 0.25) is 0 Å². The van der Waals surface area contributed by atoms with Gasteiger partial charge in [-0.3, -0.25) is 4.68 Å². The third kappa shape index (κ3) is 1.79. The summed E-state index contributed by atoms with van der Waals surface area (Å²) in [7, 11) is 1.94. The molecule has 80 valence electrons. The van der Waals surface area contributed by atoms with Gasteiger partial charge in [0.15, 0.2) is 0 Å². The number of nitrogens with zero attached hydrogens (tertiary/aromatic N) is 3. The summed E-state index contributed by atoms with van der Waals surface area (Å²) in [6.45, 7) is 6.47. The molecule has 0 aromatic carbocycles. The van der Waals surface area contributed by atoms with Crippen LogP contribution in [0, 0.1) is 0 Å². The molecular formula is C11H15N3O. The molecule has 2 aromatic heterocycles. The lowest BCUT2D eigenvalue weighted by Gasteiger charge is -2.17. The summed E-state index contributed by atoms with van der Waals surface area (Å²) >= 11 is 0. The minimum atomic E-state index is 0.0760. The lowest BCUT2D eigenvalue weighted by molar-refractivity contribution is 0.522. The standard InChI is InChI=1S/C11H15N3O/c1-11(2,3)9-7-8(13-14(9)4)10-12-5-6-15-10/h5-7H,1-4H3. The van der Waals surface area contributed by atoms with E-state index >= 15 is 0 Å². The van der Waals surface area contributed by atoms with Crippen LogP contribution in [0.3, 0.4) is 0 Å². The fraction of sp³-hybridized carbons (Fsp3) is 0.455. The molecule has 4 heteroatoms. The summed E-state index contributed by atoms with van der Waals surface area (Å²) in [6.07, 6.45) is 3.18. The summed E-state index contributed by atoms with van der Waals surface area (Å²) in [5.74, 6) is 0.570. The highest BCUT2D eigenvalue weighted by Gasteiger charge is 2.20. The van der Waals surface area contributed by atoms with Gasteiger partial charge in [-0.25, -0.2) is 4.98 Å². The first-order valence-electron chi connectivity index (χ1n) is 4.93. The quantitative estimate of drug-likeness (QED) is 0.717. The summed E-state index contributed by atoms with van der Waals surface area (Å²) in [4.78, 5) is 4.08. The molecule has 0 amide bonds. The number of hydrogen-bond acceptors (Lipinski definition) is 3. The van der Waals surface area contributed by atoms with Gasteiger partial charge in [-0.2, -0.15) is 5.10 Å². The lowest BCUT2D eigenvalue weighted by Crippen LogP contribution is -2.16. The van der Waals surface area contributed by atoms with Crippen LogP contribution in [0.1, 0.15) is 26.5 Å². The molecule has 2 heterocycles. The Hall–Kier alpha value is -1.58. The zero-order chi connectivity index (χ0) is 11.1. The van der Waals surface area contributed by atoms with Gasteiger partial charge in [-0.1, -0.05) is 20.8 Å². The molecule has 0 bridgehead atoms. The van der Waals surface area contributed by atoms with E-state index in [-0.39, 0.29) is 5.41 Å². The Kier molecular flexibility index (Phi) is 2.14. The maximum atomic E-state index is 5.21. The van der Waals surface area contributed by atoms with Crippen molar-refractivity contribution in [3.8, 4) is 11.6 Å². The minimum Gasteiger partial charge on any atom is -0.443 e. The Morgan fingerprint density at radius 2 is 2.07 bits per heavy atom. The highest BCUT2D eigenvalue weighted by Crippen LogP contribution is 2.25. The van der Waals surface area contributed by atoms with Gasteiger partial charge in [-0.05, 0) is 6.07 Å². The summed E-state index contributed by atoms with van der Waals surface area (Å²) in [5.41, 5.74) is 2.02. The molecule has 0 aliphatic carbocycles. The SMILES string of the molecule is Cn1nc(-c2ncco2)cc1C(C)(C)C. The molecule has 15 heavy (non-hydrogen) atoms. The molecule has 0 radical (unpaired) electrons. The van der Waals surface area contributed by atoms with E-state index in [0.29, 0.717) is 5.89 Å². The number of aromatic nitrogens is 3. The highest BCUT2D eigenvalue weighted by molar-refractivity contribution is 5.47. The van der Waals surface area contributed by atoms with E-state index in [2.05, 4.69) is 30.9 Å². The first-order valence-corrected chi connectivity index (χ1v) is 4.93. The van der Waals surface area contributed by atoms with Crippen LogP contribution in [0.5, 0.6) is 0 Å². The van der Waals surface area contributed by atoms with E-state index in [4.69, 9.17) is 4.42 Å². The summed E-state index contributed by atoms with van der Waals surface area (Å²) in [5, 5.41) is 4.38. The van der Waals surface area contributed by atoms with Crippen LogP contribution in [-0.4, -0.2) is 14.8 Å². The van der Waals surface area contributed by atoms with Gasteiger partial charge < -0.3 is 4.42 Å². The van der Waals surface area contributed by atoms with Crippen molar-refractivity contribution in [1.82, 2.24) is 14.8 Å². The van der Waals surface area contributed by atoms with Crippen molar-refractivity contribution in [2.45, 2.75) is 26.2 Å². The second-order valence-electron chi connectivity index (χ2n) is 4.63. The molecule has 2 rings (SSSR count). The second-order valence-corrected chi connectivity index (χ2v) is 4.63. The predicted molar refractivity (Wildman–Crippen MR) is 57.4 cm³/mol. The third-order valence-corrected chi connectivity index (χ3v) is 2.30. The molecule has 0 saturated carbocycles. The van der Waals surface area contributed by atoms with Gasteiger partial charge in [-0.15, -0.1) is 0 Å². The van der Waals surface area contributed by atoms with Crippen LogP contribution < -0.4 is 0 Å². The Bertz CT molecular complexity index is 449. The molecule has 0 unspecified atom stereocenters. The summed E-state index contributed by atoms with van der Waals surface area (Å²) < 4.78 is 7.09. The van der Waals surface area contributed by atoms with Gasteiger partial charge in [0.1, 0.15) is 12.0 Å². The highest BCUT2D eigenvalue weighted by atomic mass is 16.3. The normalized spacial score (nSPS) is 12.0. The Morgan fingerprint density at radius 1 is 1.33 bits per heavy atom. The van der Waals surface area contributed by atoms with Crippen molar-refractivity contribution >= 4 is 0 Å². The van der Waals surface area contributed by atoms with Crippen LogP contribution in [0.4, 0.5) is 0 Å². The molecular weight excluding hydrogens is 190 g/mol. The first-order chi connectivity index (χ1) is 6.98. The minimum absolute atomic E-state index is 0.0760.